The molecule has 0 saturated carbocycles. The van der Waals surface area contributed by atoms with E-state index in [1.54, 1.807) is 6.07 Å². The third-order valence-corrected chi connectivity index (χ3v) is 6.46. The molecule has 0 radical (unpaired) electrons. The molecule has 0 aliphatic carbocycles. The molecule has 1 aliphatic heterocycles. The number of halogens is 1. The van der Waals surface area contributed by atoms with E-state index in [0.29, 0.717) is 17.5 Å². The van der Waals surface area contributed by atoms with Gasteiger partial charge >= 0.3 is 0 Å². The van der Waals surface area contributed by atoms with Crippen LogP contribution >= 0.6 is 15.9 Å². The number of rotatable bonds is 7. The van der Waals surface area contributed by atoms with Gasteiger partial charge in [0.25, 0.3) is 5.91 Å². The Bertz CT molecular complexity index is 965. The lowest BCUT2D eigenvalue weighted by molar-refractivity contribution is 0.0914. The predicted molar refractivity (Wildman–Crippen MR) is 108 cm³/mol. The van der Waals surface area contributed by atoms with E-state index in [-0.39, 0.29) is 35.6 Å². The molecule has 28 heavy (non-hydrogen) atoms. The first-order valence-electron chi connectivity index (χ1n) is 8.70. The van der Waals surface area contributed by atoms with Crippen LogP contribution in [0.15, 0.2) is 51.8 Å². The number of sulfonamides is 1. The lowest BCUT2D eigenvalue weighted by atomic mass is 10.0. The zero-order valence-electron chi connectivity index (χ0n) is 15.3. The van der Waals surface area contributed by atoms with E-state index in [4.69, 9.17) is 9.47 Å². The zero-order valence-corrected chi connectivity index (χ0v) is 17.7. The van der Waals surface area contributed by atoms with E-state index >= 15 is 0 Å². The number of hydrogen-bond donors (Lipinski definition) is 2. The minimum absolute atomic E-state index is 0.0159. The third-order valence-electron chi connectivity index (χ3n) is 4.31. The Morgan fingerprint density at radius 3 is 2.86 bits per heavy atom. The molecule has 2 N–H and O–H groups in total. The number of methoxy groups -OCH3 is 1. The minimum atomic E-state index is -3.73. The number of nitrogens with one attached hydrogen (secondary N) is 2. The molecule has 1 aliphatic rings. The molecule has 1 heterocycles. The summed E-state index contributed by atoms with van der Waals surface area (Å²) in [5.74, 6) is 0.457. The molecule has 1 unspecified atom stereocenters. The van der Waals surface area contributed by atoms with Gasteiger partial charge in [-0.25, -0.2) is 13.1 Å². The first kappa shape index (κ1) is 20.8. The fourth-order valence-corrected chi connectivity index (χ4v) is 4.36. The summed E-state index contributed by atoms with van der Waals surface area (Å²) < 4.78 is 38.3. The first-order valence-corrected chi connectivity index (χ1v) is 11.0. The molecule has 3 rings (SSSR count). The van der Waals surface area contributed by atoms with Gasteiger partial charge in [-0.15, -0.1) is 0 Å². The number of ether oxygens (including phenoxy) is 2. The summed E-state index contributed by atoms with van der Waals surface area (Å²) in [6.07, 6.45) is 0.649. The molecule has 1 amide bonds. The summed E-state index contributed by atoms with van der Waals surface area (Å²) >= 11 is 3.32. The number of carbonyl (C=O) groups excluding carboxylic acids is 1. The monoisotopic (exact) mass is 468 g/mol. The van der Waals surface area contributed by atoms with Gasteiger partial charge in [0.1, 0.15) is 12.4 Å². The largest absolute Gasteiger partial charge is 0.491 e. The van der Waals surface area contributed by atoms with Gasteiger partial charge in [-0.2, -0.15) is 0 Å². The predicted octanol–water partition coefficient (Wildman–Crippen LogP) is 2.11. The maximum Gasteiger partial charge on any atom is 0.252 e. The van der Waals surface area contributed by atoms with E-state index in [1.807, 2.05) is 24.3 Å². The van der Waals surface area contributed by atoms with Crippen molar-refractivity contribution in [2.24, 2.45) is 0 Å². The van der Waals surface area contributed by atoms with Crippen molar-refractivity contribution in [2.75, 3.05) is 26.9 Å². The van der Waals surface area contributed by atoms with Gasteiger partial charge in [-0.3, -0.25) is 4.79 Å². The summed E-state index contributed by atoms with van der Waals surface area (Å²) in [6.45, 7) is 0.762. The topological polar surface area (TPSA) is 93.7 Å². The van der Waals surface area contributed by atoms with Crippen LogP contribution in [0.4, 0.5) is 0 Å². The Labute approximate surface area is 172 Å². The summed E-state index contributed by atoms with van der Waals surface area (Å²) in [5, 5.41) is 2.92. The van der Waals surface area contributed by atoms with Crippen LogP contribution in [0.5, 0.6) is 5.75 Å². The molecular weight excluding hydrogens is 448 g/mol. The van der Waals surface area contributed by atoms with Crippen LogP contribution in [0.1, 0.15) is 15.9 Å². The van der Waals surface area contributed by atoms with Crippen LogP contribution in [-0.2, 0) is 21.2 Å². The molecule has 0 aromatic heterocycles. The second-order valence-electron chi connectivity index (χ2n) is 6.33. The highest BCUT2D eigenvalue weighted by molar-refractivity contribution is 9.10. The fraction of sp³-hybridized carbons (Fsp3) is 0.316. The number of carbonyl (C=O) groups is 1. The van der Waals surface area contributed by atoms with Crippen LogP contribution < -0.4 is 14.8 Å². The Morgan fingerprint density at radius 2 is 2.07 bits per heavy atom. The molecule has 1 atom stereocenters. The van der Waals surface area contributed by atoms with Crippen molar-refractivity contribution in [3.63, 3.8) is 0 Å². The van der Waals surface area contributed by atoms with E-state index in [1.165, 1.54) is 19.2 Å². The van der Waals surface area contributed by atoms with Crippen molar-refractivity contribution < 1.29 is 22.7 Å². The van der Waals surface area contributed by atoms with Crippen molar-refractivity contribution in [3.8, 4) is 5.75 Å². The number of para-hydroxylation sites is 1. The molecule has 7 nitrogen and oxygen atoms in total. The highest BCUT2D eigenvalue weighted by Gasteiger charge is 2.24. The maximum atomic E-state index is 12.8. The third kappa shape index (κ3) is 4.91. The van der Waals surface area contributed by atoms with Gasteiger partial charge in [-0.1, -0.05) is 18.2 Å². The van der Waals surface area contributed by atoms with Crippen LogP contribution in [-0.4, -0.2) is 47.2 Å². The SMILES string of the molecule is COCCNS(=O)(=O)c1ccc(Br)c(C(=O)NC2COc3ccccc3C2)c1. The highest BCUT2D eigenvalue weighted by atomic mass is 79.9. The molecule has 2 aromatic rings. The van der Waals surface area contributed by atoms with Gasteiger partial charge in [0.15, 0.2) is 0 Å². The van der Waals surface area contributed by atoms with Crippen LogP contribution in [0.3, 0.4) is 0 Å². The van der Waals surface area contributed by atoms with Gasteiger partial charge in [-0.05, 0) is 52.2 Å². The molecule has 9 heteroatoms. The van der Waals surface area contributed by atoms with Crippen LogP contribution in [0.25, 0.3) is 0 Å². The summed E-state index contributed by atoms with van der Waals surface area (Å²) in [4.78, 5) is 12.8. The number of amides is 1. The van der Waals surface area contributed by atoms with E-state index in [2.05, 4.69) is 26.0 Å². The maximum absolute atomic E-state index is 12.8. The first-order chi connectivity index (χ1) is 13.4. The van der Waals surface area contributed by atoms with E-state index in [9.17, 15) is 13.2 Å². The van der Waals surface area contributed by atoms with E-state index < -0.39 is 10.0 Å². The molecule has 0 fully saturated rings. The Kier molecular flexibility index (Phi) is 6.71. The van der Waals surface area contributed by atoms with Crippen molar-refractivity contribution >= 4 is 31.9 Å². The summed E-state index contributed by atoms with van der Waals surface area (Å²) in [6, 6.07) is 11.8. The Balaban J connectivity index is 1.73. The van der Waals surface area contributed by atoms with Crippen molar-refractivity contribution in [1.29, 1.82) is 0 Å². The zero-order chi connectivity index (χ0) is 20.1. The van der Waals surface area contributed by atoms with Crippen LogP contribution in [0, 0.1) is 0 Å². The number of hydrogen-bond acceptors (Lipinski definition) is 5. The Morgan fingerprint density at radius 1 is 1.29 bits per heavy atom. The second kappa shape index (κ2) is 9.04. The molecule has 0 spiro atoms. The molecular formula is C19H21BrN2O5S. The summed E-state index contributed by atoms with van der Waals surface area (Å²) in [5.41, 5.74) is 1.27. The standard InChI is InChI=1S/C19H21BrN2O5S/c1-26-9-8-21-28(24,25)15-6-7-17(20)16(11-15)19(23)22-14-10-13-4-2-3-5-18(13)27-12-14/h2-7,11,14,21H,8-10,12H2,1H3,(H,22,23). The average molecular weight is 469 g/mol. The lowest BCUT2D eigenvalue weighted by Crippen LogP contribution is -2.42. The van der Waals surface area contributed by atoms with E-state index in [0.717, 1.165) is 11.3 Å². The minimum Gasteiger partial charge on any atom is -0.491 e. The normalized spacial score (nSPS) is 16.1. The van der Waals surface area contributed by atoms with Crippen molar-refractivity contribution in [3.05, 3.63) is 58.1 Å². The molecule has 0 bridgehead atoms. The van der Waals surface area contributed by atoms with Crippen molar-refractivity contribution in [1.82, 2.24) is 10.0 Å². The average Bonchev–Trinajstić information content (AvgIpc) is 2.68. The quantitative estimate of drug-likeness (QED) is 0.606. The fourth-order valence-electron chi connectivity index (χ4n) is 2.89. The Hall–Kier alpha value is -1.94. The lowest BCUT2D eigenvalue weighted by Gasteiger charge is -2.26. The second-order valence-corrected chi connectivity index (χ2v) is 8.95. The van der Waals surface area contributed by atoms with Gasteiger partial charge in [0, 0.05) is 18.1 Å². The van der Waals surface area contributed by atoms with Gasteiger partial charge in [0.2, 0.25) is 10.0 Å². The smallest absolute Gasteiger partial charge is 0.252 e. The van der Waals surface area contributed by atoms with Gasteiger partial charge in [0.05, 0.1) is 23.1 Å². The van der Waals surface area contributed by atoms with Crippen LogP contribution in [0.2, 0.25) is 0 Å². The highest BCUT2D eigenvalue weighted by Crippen LogP contribution is 2.25. The van der Waals surface area contributed by atoms with Gasteiger partial charge < -0.3 is 14.8 Å². The summed E-state index contributed by atoms with van der Waals surface area (Å²) in [7, 11) is -2.24. The number of benzene rings is 2. The molecule has 2 aromatic carbocycles. The molecule has 0 saturated heterocycles. The van der Waals surface area contributed by atoms with Crippen molar-refractivity contribution in [2.45, 2.75) is 17.4 Å². The number of fused-ring (bicyclic) bond motifs is 1. The molecule has 150 valence electrons.